The minimum atomic E-state index is 0.524. The molecule has 37 heavy (non-hydrogen) atoms. The van der Waals surface area contributed by atoms with Crippen LogP contribution in [0.15, 0.2) is 48.9 Å². The van der Waals surface area contributed by atoms with Gasteiger partial charge in [0.2, 0.25) is 0 Å². The number of quaternary nitrogens is 1. The predicted molar refractivity (Wildman–Crippen MR) is 155 cm³/mol. The van der Waals surface area contributed by atoms with E-state index in [1.54, 1.807) is 0 Å². The maximum atomic E-state index is 4.63. The number of anilines is 1. The second-order valence-electron chi connectivity index (χ2n) is 12.1. The van der Waals surface area contributed by atoms with Gasteiger partial charge in [-0.25, -0.2) is 9.97 Å². The number of hydrogen-bond donors (Lipinski definition) is 1. The Hall–Kier alpha value is -2.44. The molecule has 1 aromatic heterocycles. The Labute approximate surface area is 225 Å². The van der Waals surface area contributed by atoms with Crippen LogP contribution in [0.3, 0.4) is 0 Å². The molecule has 3 heterocycles. The molecule has 1 fully saturated rings. The Morgan fingerprint density at radius 1 is 1.16 bits per heavy atom. The summed E-state index contributed by atoms with van der Waals surface area (Å²) in [6.07, 6.45) is 11.7. The number of benzene rings is 1. The summed E-state index contributed by atoms with van der Waals surface area (Å²) in [6.45, 7) is 13.4. The molecular formula is C31H49N6+. The lowest BCUT2D eigenvalue weighted by molar-refractivity contribution is -0.870. The second kappa shape index (κ2) is 12.9. The van der Waals surface area contributed by atoms with Gasteiger partial charge in [-0.05, 0) is 54.9 Å². The Balaban J connectivity index is 1.44. The molecule has 0 bridgehead atoms. The number of fused-ring (bicyclic) bond motifs is 1. The van der Waals surface area contributed by atoms with E-state index in [0.29, 0.717) is 12.0 Å². The molecule has 6 heteroatoms. The average Bonchev–Trinajstić information content (AvgIpc) is 3.51. The number of aromatic nitrogens is 2. The van der Waals surface area contributed by atoms with Crippen molar-refractivity contribution in [1.82, 2.24) is 19.8 Å². The zero-order chi connectivity index (χ0) is 26.3. The fraction of sp³-hybridized carbons (Fsp3) is 0.613. The molecule has 2 aromatic rings. The minimum Gasteiger partial charge on any atom is -0.384 e. The summed E-state index contributed by atoms with van der Waals surface area (Å²) in [7, 11) is 6.85. The van der Waals surface area contributed by atoms with Crippen LogP contribution in [0.4, 0.5) is 5.69 Å². The highest BCUT2D eigenvalue weighted by Gasteiger charge is 2.34. The van der Waals surface area contributed by atoms with Crippen molar-refractivity contribution in [3.05, 3.63) is 65.9 Å². The molecule has 202 valence electrons. The van der Waals surface area contributed by atoms with Crippen LogP contribution in [0, 0.1) is 0 Å². The molecule has 1 N–H and O–H groups in total. The van der Waals surface area contributed by atoms with E-state index >= 15 is 0 Å². The number of likely N-dealkylation sites (tertiary alicyclic amines) is 1. The van der Waals surface area contributed by atoms with E-state index in [9.17, 15) is 0 Å². The van der Waals surface area contributed by atoms with Crippen LogP contribution in [0.2, 0.25) is 0 Å². The lowest BCUT2D eigenvalue weighted by Gasteiger charge is -2.33. The Bertz CT molecular complexity index is 999. The van der Waals surface area contributed by atoms with Gasteiger partial charge in [0.05, 0.1) is 27.7 Å². The number of nitrogens with zero attached hydrogens (tertiary/aromatic N) is 5. The van der Waals surface area contributed by atoms with E-state index in [4.69, 9.17) is 0 Å². The molecule has 2 aliphatic rings. The SMILES string of the molecule is C=C(CN1CC(c2ccc3c(c2)CCN3)CC1CCc1ncccn1)N(CCCC)CCC[N+](C)(C)C. The summed E-state index contributed by atoms with van der Waals surface area (Å²) >= 11 is 0. The quantitative estimate of drug-likeness (QED) is 0.368. The largest absolute Gasteiger partial charge is 0.384 e. The van der Waals surface area contributed by atoms with Crippen molar-refractivity contribution >= 4 is 5.69 Å². The van der Waals surface area contributed by atoms with Gasteiger partial charge < -0.3 is 14.7 Å². The molecule has 4 rings (SSSR count). The van der Waals surface area contributed by atoms with Crippen molar-refractivity contribution in [1.29, 1.82) is 0 Å². The topological polar surface area (TPSA) is 44.3 Å². The van der Waals surface area contributed by atoms with Crippen molar-refractivity contribution in [2.75, 3.05) is 65.7 Å². The summed E-state index contributed by atoms with van der Waals surface area (Å²) in [6, 6.07) is 9.55. The Kier molecular flexibility index (Phi) is 9.60. The molecule has 0 saturated carbocycles. The van der Waals surface area contributed by atoms with Crippen molar-refractivity contribution in [2.45, 2.75) is 63.8 Å². The molecule has 2 aliphatic heterocycles. The third-order valence-electron chi connectivity index (χ3n) is 8.03. The first kappa shape index (κ1) is 27.6. The molecule has 2 unspecified atom stereocenters. The smallest absolute Gasteiger partial charge is 0.128 e. The monoisotopic (exact) mass is 505 g/mol. The minimum absolute atomic E-state index is 0.524. The first-order chi connectivity index (χ1) is 17.8. The molecule has 0 aliphatic carbocycles. The lowest BCUT2D eigenvalue weighted by Crippen LogP contribution is -2.39. The fourth-order valence-electron chi connectivity index (χ4n) is 5.90. The van der Waals surface area contributed by atoms with Crippen LogP contribution in [0.1, 0.15) is 61.9 Å². The van der Waals surface area contributed by atoms with Crippen molar-refractivity contribution in [3.8, 4) is 0 Å². The molecule has 6 nitrogen and oxygen atoms in total. The number of nitrogens with one attached hydrogen (secondary N) is 1. The van der Waals surface area contributed by atoms with Crippen molar-refractivity contribution < 1.29 is 4.48 Å². The Morgan fingerprint density at radius 2 is 1.95 bits per heavy atom. The number of aryl methyl sites for hydroxylation is 1. The van der Waals surface area contributed by atoms with Gasteiger partial charge >= 0.3 is 0 Å². The van der Waals surface area contributed by atoms with Crippen molar-refractivity contribution in [2.24, 2.45) is 0 Å². The van der Waals surface area contributed by atoms with Crippen molar-refractivity contribution in [3.63, 3.8) is 0 Å². The third kappa shape index (κ3) is 8.02. The molecule has 1 saturated heterocycles. The first-order valence-electron chi connectivity index (χ1n) is 14.4. The van der Waals surface area contributed by atoms with Gasteiger partial charge in [0.25, 0.3) is 0 Å². The highest BCUT2D eigenvalue weighted by atomic mass is 15.3. The van der Waals surface area contributed by atoms with E-state index in [-0.39, 0.29) is 0 Å². The highest BCUT2D eigenvalue weighted by Crippen LogP contribution is 2.36. The zero-order valence-electron chi connectivity index (χ0n) is 23.8. The van der Waals surface area contributed by atoms with Crippen LogP contribution < -0.4 is 5.32 Å². The standard InChI is InChI=1S/C31H49N6/c1-6-7-18-35(19-9-20-37(3,4)5)25(2)23-36-24-28(26-10-12-30-27(21-26)14-17-32-30)22-29(36)11-13-31-33-15-8-16-34-31/h8,10,12,15-16,21,28-29,32H,2,6-7,9,11,13-14,17-20,22-24H2,1,3-5H3/q+1. The van der Waals surface area contributed by atoms with Gasteiger partial charge in [0, 0.05) is 75.4 Å². The summed E-state index contributed by atoms with van der Waals surface area (Å²) in [4.78, 5) is 14.3. The second-order valence-corrected chi connectivity index (χ2v) is 12.1. The molecule has 0 spiro atoms. The van der Waals surface area contributed by atoms with Crippen LogP contribution in [-0.4, -0.2) is 90.7 Å². The molecular weight excluding hydrogens is 456 g/mol. The van der Waals surface area contributed by atoms with Crippen LogP contribution >= 0.6 is 0 Å². The van der Waals surface area contributed by atoms with Crippen LogP contribution in [0.5, 0.6) is 0 Å². The van der Waals surface area contributed by atoms with E-state index in [1.165, 1.54) is 54.7 Å². The Morgan fingerprint density at radius 3 is 2.70 bits per heavy atom. The number of unbranched alkanes of at least 4 members (excludes halogenated alkanes) is 1. The van der Waals surface area contributed by atoms with E-state index in [0.717, 1.165) is 62.3 Å². The van der Waals surface area contributed by atoms with Gasteiger partial charge in [-0.1, -0.05) is 32.1 Å². The predicted octanol–water partition coefficient (Wildman–Crippen LogP) is 4.95. The van der Waals surface area contributed by atoms with Gasteiger partial charge in [0.1, 0.15) is 5.82 Å². The molecule has 0 radical (unpaired) electrons. The molecule has 2 atom stereocenters. The first-order valence-corrected chi connectivity index (χ1v) is 14.4. The number of rotatable bonds is 14. The third-order valence-corrected chi connectivity index (χ3v) is 8.03. The number of hydrogen-bond acceptors (Lipinski definition) is 5. The summed E-state index contributed by atoms with van der Waals surface area (Å²) in [5, 5.41) is 3.51. The van der Waals surface area contributed by atoms with Gasteiger partial charge in [-0.3, -0.25) is 4.90 Å². The summed E-state index contributed by atoms with van der Waals surface area (Å²) < 4.78 is 1.02. The molecule has 0 amide bonds. The van der Waals surface area contributed by atoms with E-state index in [2.05, 4.69) is 77.9 Å². The maximum absolute atomic E-state index is 4.63. The zero-order valence-corrected chi connectivity index (χ0v) is 23.8. The summed E-state index contributed by atoms with van der Waals surface area (Å²) in [5.74, 6) is 1.53. The van der Waals surface area contributed by atoms with E-state index < -0.39 is 0 Å². The highest BCUT2D eigenvalue weighted by molar-refractivity contribution is 5.57. The van der Waals surface area contributed by atoms with Gasteiger partial charge in [-0.15, -0.1) is 0 Å². The summed E-state index contributed by atoms with van der Waals surface area (Å²) in [5.41, 5.74) is 5.60. The lowest BCUT2D eigenvalue weighted by atomic mass is 9.93. The normalized spacial score (nSPS) is 19.6. The average molecular weight is 506 g/mol. The molecule has 1 aromatic carbocycles. The fourth-order valence-corrected chi connectivity index (χ4v) is 5.90. The van der Waals surface area contributed by atoms with Gasteiger partial charge in [-0.2, -0.15) is 0 Å². The maximum Gasteiger partial charge on any atom is 0.128 e. The van der Waals surface area contributed by atoms with Crippen LogP contribution in [-0.2, 0) is 12.8 Å². The van der Waals surface area contributed by atoms with E-state index in [1.807, 2.05) is 18.5 Å². The van der Waals surface area contributed by atoms with Crippen LogP contribution in [0.25, 0.3) is 0 Å². The van der Waals surface area contributed by atoms with Gasteiger partial charge in [0.15, 0.2) is 0 Å².